The van der Waals surface area contributed by atoms with E-state index in [1.165, 1.54) is 4.90 Å². The van der Waals surface area contributed by atoms with Gasteiger partial charge in [-0.2, -0.15) is 9.97 Å². The van der Waals surface area contributed by atoms with Crippen LogP contribution in [0.1, 0.15) is 46.8 Å². The van der Waals surface area contributed by atoms with Crippen molar-refractivity contribution in [3.8, 4) is 17.1 Å². The molecule has 0 aliphatic rings. The molecule has 9 nitrogen and oxygen atoms in total. The Morgan fingerprint density at radius 2 is 1.57 bits per heavy atom. The highest BCUT2D eigenvalue weighted by Crippen LogP contribution is 2.21. The normalized spacial score (nSPS) is 11.5. The van der Waals surface area contributed by atoms with Crippen LogP contribution >= 0.6 is 0 Å². The van der Waals surface area contributed by atoms with E-state index in [0.717, 1.165) is 22.8 Å². The Labute approximate surface area is 203 Å². The fourth-order valence-corrected chi connectivity index (χ4v) is 3.38. The van der Waals surface area contributed by atoms with Crippen LogP contribution in [0.5, 0.6) is 6.01 Å². The number of rotatable bonds is 11. The first kappa shape index (κ1) is 25.4. The highest BCUT2D eigenvalue weighted by Gasteiger charge is 2.23. The summed E-state index contributed by atoms with van der Waals surface area (Å²) in [5.41, 5.74) is 2.42. The third-order valence-electron chi connectivity index (χ3n) is 5.39. The molecular weight excluding hydrogens is 450 g/mol. The van der Waals surface area contributed by atoms with Crippen LogP contribution in [-0.4, -0.2) is 56.1 Å². The Hall–Kier alpha value is -4.27. The molecule has 0 aliphatic heterocycles. The fraction of sp³-hybridized carbons (Fsp3) is 0.269. The molecule has 0 radical (unpaired) electrons. The number of carbonyl (C=O) groups excluding carboxylic acids is 1. The van der Waals surface area contributed by atoms with Crippen molar-refractivity contribution in [3.05, 3.63) is 77.6 Å². The summed E-state index contributed by atoms with van der Waals surface area (Å²) in [6.45, 7) is 3.79. The number of carbonyl (C=O) groups is 3. The maximum atomic E-state index is 13.4. The molecule has 0 fully saturated rings. The predicted octanol–water partition coefficient (Wildman–Crippen LogP) is 3.99. The van der Waals surface area contributed by atoms with Crippen LogP contribution in [0.4, 0.5) is 0 Å². The molecule has 1 amide bonds. The second kappa shape index (κ2) is 11.7. The second-order valence-corrected chi connectivity index (χ2v) is 7.98. The van der Waals surface area contributed by atoms with Crippen molar-refractivity contribution in [2.75, 3.05) is 13.2 Å². The molecule has 2 N–H and O–H groups in total. The zero-order chi connectivity index (χ0) is 25.4. The number of benzene rings is 2. The maximum Gasteiger partial charge on any atom is 0.354 e. The van der Waals surface area contributed by atoms with Gasteiger partial charge in [0.15, 0.2) is 5.69 Å². The SMILES string of the molecule is CCOc1nc(C(=O)O)cc(C(=O)N(CCC(C)C(=O)O)Cc2ccc(-c3ccccc3)cc2)n1. The van der Waals surface area contributed by atoms with Gasteiger partial charge < -0.3 is 19.8 Å². The number of carboxylic acids is 2. The van der Waals surface area contributed by atoms with E-state index in [2.05, 4.69) is 9.97 Å². The molecule has 0 bridgehead atoms. The van der Waals surface area contributed by atoms with Crippen LogP contribution < -0.4 is 4.74 Å². The second-order valence-electron chi connectivity index (χ2n) is 7.98. The summed E-state index contributed by atoms with van der Waals surface area (Å²) in [4.78, 5) is 45.5. The van der Waals surface area contributed by atoms with Gasteiger partial charge in [-0.05, 0) is 30.0 Å². The van der Waals surface area contributed by atoms with Crippen molar-refractivity contribution >= 4 is 17.8 Å². The minimum absolute atomic E-state index is 0.135. The number of carboxylic acid groups (broad SMARTS) is 2. The highest BCUT2D eigenvalue weighted by atomic mass is 16.5. The van der Waals surface area contributed by atoms with E-state index in [1.54, 1.807) is 13.8 Å². The predicted molar refractivity (Wildman–Crippen MR) is 128 cm³/mol. The molecule has 1 unspecified atom stereocenters. The number of hydrogen-bond acceptors (Lipinski definition) is 6. The van der Waals surface area contributed by atoms with Crippen LogP contribution in [0.2, 0.25) is 0 Å². The number of aliphatic carboxylic acids is 1. The van der Waals surface area contributed by atoms with Gasteiger partial charge in [0.1, 0.15) is 5.69 Å². The molecule has 3 rings (SSSR count). The Morgan fingerprint density at radius 3 is 2.17 bits per heavy atom. The number of amides is 1. The van der Waals surface area contributed by atoms with Gasteiger partial charge in [-0.25, -0.2) is 4.79 Å². The molecule has 35 heavy (non-hydrogen) atoms. The number of hydrogen-bond donors (Lipinski definition) is 2. The Kier molecular flexibility index (Phi) is 8.50. The average Bonchev–Trinajstić information content (AvgIpc) is 2.86. The van der Waals surface area contributed by atoms with Gasteiger partial charge >= 0.3 is 17.9 Å². The van der Waals surface area contributed by atoms with Gasteiger partial charge in [0.2, 0.25) is 0 Å². The molecule has 0 aliphatic carbocycles. The lowest BCUT2D eigenvalue weighted by molar-refractivity contribution is -0.141. The van der Waals surface area contributed by atoms with Gasteiger partial charge in [0.25, 0.3) is 5.91 Å². The van der Waals surface area contributed by atoms with E-state index in [9.17, 15) is 24.6 Å². The molecule has 0 saturated carbocycles. The van der Waals surface area contributed by atoms with Crippen molar-refractivity contribution in [1.29, 1.82) is 0 Å². The quantitative estimate of drug-likeness (QED) is 0.424. The summed E-state index contributed by atoms with van der Waals surface area (Å²) >= 11 is 0. The monoisotopic (exact) mass is 477 g/mol. The zero-order valence-corrected chi connectivity index (χ0v) is 19.5. The molecule has 2 aromatic carbocycles. The lowest BCUT2D eigenvalue weighted by Crippen LogP contribution is -2.34. The van der Waals surface area contributed by atoms with Crippen molar-refractivity contribution < 1.29 is 29.3 Å². The van der Waals surface area contributed by atoms with Crippen molar-refractivity contribution in [2.45, 2.75) is 26.8 Å². The molecule has 1 atom stereocenters. The van der Waals surface area contributed by atoms with Crippen LogP contribution in [0.15, 0.2) is 60.7 Å². The lowest BCUT2D eigenvalue weighted by atomic mass is 10.0. The van der Waals surface area contributed by atoms with E-state index < -0.39 is 23.8 Å². The zero-order valence-electron chi connectivity index (χ0n) is 19.5. The Morgan fingerprint density at radius 1 is 0.943 bits per heavy atom. The average molecular weight is 478 g/mol. The van der Waals surface area contributed by atoms with E-state index in [-0.39, 0.29) is 43.5 Å². The molecular formula is C26H27N3O6. The maximum absolute atomic E-state index is 13.4. The standard InChI is InChI=1S/C26H27N3O6/c1-3-35-26-27-21(15-22(28-26)25(33)34)23(30)29(14-13-17(2)24(31)32)16-18-9-11-20(12-10-18)19-7-5-4-6-8-19/h4-12,15,17H,3,13-14,16H2,1-2H3,(H,31,32)(H,33,34). The van der Waals surface area contributed by atoms with E-state index >= 15 is 0 Å². The van der Waals surface area contributed by atoms with E-state index in [0.29, 0.717) is 0 Å². The largest absolute Gasteiger partial charge is 0.481 e. The summed E-state index contributed by atoms with van der Waals surface area (Å²) in [5, 5.41) is 18.6. The molecule has 9 heteroatoms. The summed E-state index contributed by atoms with van der Waals surface area (Å²) in [7, 11) is 0. The lowest BCUT2D eigenvalue weighted by Gasteiger charge is -2.24. The van der Waals surface area contributed by atoms with Crippen molar-refractivity contribution in [3.63, 3.8) is 0 Å². The first-order valence-corrected chi connectivity index (χ1v) is 11.2. The molecule has 0 spiro atoms. The molecule has 3 aromatic rings. The van der Waals surface area contributed by atoms with Crippen molar-refractivity contribution in [2.24, 2.45) is 5.92 Å². The summed E-state index contributed by atoms with van der Waals surface area (Å²) in [5.74, 6) is -3.48. The summed E-state index contributed by atoms with van der Waals surface area (Å²) < 4.78 is 5.24. The van der Waals surface area contributed by atoms with Gasteiger partial charge in [-0.1, -0.05) is 61.5 Å². The smallest absolute Gasteiger partial charge is 0.354 e. The minimum atomic E-state index is -1.31. The molecule has 1 heterocycles. The summed E-state index contributed by atoms with van der Waals surface area (Å²) in [6.07, 6.45) is 0.221. The fourth-order valence-electron chi connectivity index (χ4n) is 3.38. The van der Waals surface area contributed by atoms with Crippen LogP contribution in [-0.2, 0) is 11.3 Å². The number of nitrogens with zero attached hydrogens (tertiary/aromatic N) is 3. The number of aromatic nitrogens is 2. The van der Waals surface area contributed by atoms with Crippen LogP contribution in [0.25, 0.3) is 11.1 Å². The molecule has 1 aromatic heterocycles. The Balaban J connectivity index is 1.88. The summed E-state index contributed by atoms with van der Waals surface area (Å²) in [6, 6.07) is 18.5. The Bertz CT molecular complexity index is 1180. The molecule has 0 saturated heterocycles. The van der Waals surface area contributed by atoms with Crippen molar-refractivity contribution in [1.82, 2.24) is 14.9 Å². The van der Waals surface area contributed by atoms with Gasteiger partial charge in [0.05, 0.1) is 12.5 Å². The third kappa shape index (κ3) is 6.86. The molecule has 182 valence electrons. The third-order valence-corrected chi connectivity index (χ3v) is 5.39. The van der Waals surface area contributed by atoms with Crippen LogP contribution in [0, 0.1) is 5.92 Å². The van der Waals surface area contributed by atoms with Gasteiger partial charge in [-0.15, -0.1) is 0 Å². The van der Waals surface area contributed by atoms with Crippen LogP contribution in [0.3, 0.4) is 0 Å². The highest BCUT2D eigenvalue weighted by molar-refractivity contribution is 5.95. The van der Waals surface area contributed by atoms with E-state index in [4.69, 9.17) is 4.74 Å². The first-order chi connectivity index (χ1) is 16.8. The first-order valence-electron chi connectivity index (χ1n) is 11.2. The number of aromatic carboxylic acids is 1. The number of ether oxygens (including phenoxy) is 1. The topological polar surface area (TPSA) is 130 Å². The van der Waals surface area contributed by atoms with E-state index in [1.807, 2.05) is 54.6 Å². The minimum Gasteiger partial charge on any atom is -0.481 e. The van der Waals surface area contributed by atoms with Gasteiger partial charge in [0, 0.05) is 19.2 Å². The van der Waals surface area contributed by atoms with Gasteiger partial charge in [-0.3, -0.25) is 9.59 Å².